The molecule has 1 atom stereocenters. The van der Waals surface area contributed by atoms with Crippen molar-refractivity contribution >= 4 is 44.3 Å². The highest BCUT2D eigenvalue weighted by molar-refractivity contribution is 6.26. The molecule has 0 aliphatic heterocycles. The van der Waals surface area contributed by atoms with Gasteiger partial charge in [-0.05, 0) is 38.4 Å². The summed E-state index contributed by atoms with van der Waals surface area (Å²) in [5, 5.41) is 23.8. The lowest BCUT2D eigenvalue weighted by Gasteiger charge is -2.13. The molecule has 0 aliphatic carbocycles. The van der Waals surface area contributed by atoms with Crippen LogP contribution in [-0.4, -0.2) is 34.9 Å². The van der Waals surface area contributed by atoms with Crippen LogP contribution in [0.4, 0.5) is 0 Å². The molecule has 4 rings (SSSR count). The molecule has 0 spiro atoms. The van der Waals surface area contributed by atoms with E-state index in [9.17, 15) is 14.7 Å². The second-order valence-electron chi connectivity index (χ2n) is 5.88. The minimum atomic E-state index is -1.73. The third kappa shape index (κ3) is 2.41. The van der Waals surface area contributed by atoms with Crippen molar-refractivity contribution in [3.63, 3.8) is 0 Å². The topological polar surface area (TPSA) is 83.8 Å². The molecule has 4 aromatic carbocycles. The Morgan fingerprint density at radius 1 is 0.880 bits per heavy atom. The van der Waals surface area contributed by atoms with Crippen LogP contribution in [0.2, 0.25) is 0 Å². The third-order valence-electron chi connectivity index (χ3n) is 4.39. The van der Waals surface area contributed by atoms with Gasteiger partial charge in [0.05, 0.1) is 12.2 Å². The van der Waals surface area contributed by atoms with Gasteiger partial charge in [-0.3, -0.25) is 0 Å². The fourth-order valence-corrected chi connectivity index (χ4v) is 3.20. The van der Waals surface area contributed by atoms with Gasteiger partial charge in [0.1, 0.15) is 0 Å². The molecule has 5 heteroatoms. The summed E-state index contributed by atoms with van der Waals surface area (Å²) in [5.41, 5.74) is 0.240. The van der Waals surface area contributed by atoms with Crippen LogP contribution in [0.3, 0.4) is 0 Å². The zero-order valence-corrected chi connectivity index (χ0v) is 13.1. The maximum Gasteiger partial charge on any atom is 0.346 e. The van der Waals surface area contributed by atoms with Crippen LogP contribution < -0.4 is 0 Å². The normalized spacial score (nSPS) is 12.7. The number of hydrogen-bond donors (Lipinski definition) is 2. The van der Waals surface area contributed by atoms with Crippen molar-refractivity contribution in [2.45, 2.75) is 6.10 Å². The van der Waals surface area contributed by atoms with Gasteiger partial charge in [-0.25, -0.2) is 9.59 Å². The van der Waals surface area contributed by atoms with Gasteiger partial charge >= 0.3 is 11.9 Å². The summed E-state index contributed by atoms with van der Waals surface area (Å²) in [5.74, 6) is -2.02. The Morgan fingerprint density at radius 3 is 2.16 bits per heavy atom. The Bertz CT molecular complexity index is 1100. The lowest BCUT2D eigenvalue weighted by molar-refractivity contribution is -0.149. The quantitative estimate of drug-likeness (QED) is 0.342. The van der Waals surface area contributed by atoms with Crippen LogP contribution in [0.25, 0.3) is 32.3 Å². The molecule has 4 aromatic rings. The molecule has 2 N–H and O–H groups in total. The summed E-state index contributed by atoms with van der Waals surface area (Å²) >= 11 is 0. The van der Waals surface area contributed by atoms with Crippen LogP contribution in [0, 0.1) is 0 Å². The van der Waals surface area contributed by atoms with Gasteiger partial charge in [-0.1, -0.05) is 48.5 Å². The molecule has 0 radical (unpaired) electrons. The maximum atomic E-state index is 12.4. The van der Waals surface area contributed by atoms with Crippen molar-refractivity contribution < 1.29 is 24.5 Å². The van der Waals surface area contributed by atoms with Crippen molar-refractivity contribution in [2.24, 2.45) is 0 Å². The Hall–Kier alpha value is -3.02. The fourth-order valence-electron chi connectivity index (χ4n) is 3.20. The van der Waals surface area contributed by atoms with E-state index in [0.29, 0.717) is 5.39 Å². The van der Waals surface area contributed by atoms with E-state index >= 15 is 0 Å². The van der Waals surface area contributed by atoms with Crippen molar-refractivity contribution in [3.8, 4) is 0 Å². The van der Waals surface area contributed by atoms with Crippen molar-refractivity contribution in [1.29, 1.82) is 0 Å². The molecule has 124 valence electrons. The Kier molecular flexibility index (Phi) is 3.60. The molecule has 0 heterocycles. The average Bonchev–Trinajstić information content (AvgIpc) is 2.65. The maximum absolute atomic E-state index is 12.4. The average molecular weight is 334 g/mol. The van der Waals surface area contributed by atoms with E-state index in [1.807, 2.05) is 42.5 Å². The molecular formula is C20H14O5. The zero-order chi connectivity index (χ0) is 17.6. The molecule has 5 nitrogen and oxygen atoms in total. The first kappa shape index (κ1) is 15.5. The molecule has 0 amide bonds. The molecule has 0 saturated heterocycles. The summed E-state index contributed by atoms with van der Waals surface area (Å²) in [6.45, 7) is -0.801. The first-order valence-corrected chi connectivity index (χ1v) is 7.81. The number of rotatable bonds is 3. The van der Waals surface area contributed by atoms with Gasteiger partial charge in [0.2, 0.25) is 0 Å². The van der Waals surface area contributed by atoms with Crippen LogP contribution in [0.1, 0.15) is 10.4 Å². The van der Waals surface area contributed by atoms with Gasteiger partial charge in [0.15, 0.2) is 6.10 Å². The standard InChI is InChI=1S/C20H14O5/c21-10-16(22)20(24)25-19(23)15-9-7-13-5-4-11-2-1-3-12-6-8-14(15)18(13)17(11)12/h1-9,16,21-22H,10H2. The highest BCUT2D eigenvalue weighted by atomic mass is 16.6. The van der Waals surface area contributed by atoms with Gasteiger partial charge in [-0.15, -0.1) is 0 Å². The fraction of sp³-hybridized carbons (Fsp3) is 0.100. The largest absolute Gasteiger partial charge is 0.393 e. The third-order valence-corrected chi connectivity index (χ3v) is 4.39. The van der Waals surface area contributed by atoms with E-state index in [-0.39, 0.29) is 5.56 Å². The van der Waals surface area contributed by atoms with Crippen molar-refractivity contribution in [3.05, 3.63) is 60.2 Å². The number of ether oxygens (including phenoxy) is 1. The number of aliphatic hydroxyl groups excluding tert-OH is 2. The lowest BCUT2D eigenvalue weighted by atomic mass is 9.92. The molecule has 25 heavy (non-hydrogen) atoms. The van der Waals surface area contributed by atoms with Crippen LogP contribution >= 0.6 is 0 Å². The molecule has 0 aromatic heterocycles. The molecule has 0 saturated carbocycles. The Labute approximate surface area is 142 Å². The highest BCUT2D eigenvalue weighted by Gasteiger charge is 2.22. The van der Waals surface area contributed by atoms with Crippen molar-refractivity contribution in [2.75, 3.05) is 6.61 Å². The Morgan fingerprint density at radius 2 is 1.48 bits per heavy atom. The Balaban J connectivity index is 1.90. The number of carbonyl (C=O) groups is 2. The van der Waals surface area contributed by atoms with E-state index in [2.05, 4.69) is 0 Å². The SMILES string of the molecule is O=C(OC(=O)C(O)CO)c1ccc2ccc3cccc4ccc1c2c34. The molecule has 0 bridgehead atoms. The summed E-state index contributed by atoms with van der Waals surface area (Å²) in [7, 11) is 0. The minimum absolute atomic E-state index is 0.240. The zero-order valence-electron chi connectivity index (χ0n) is 13.1. The predicted molar refractivity (Wildman–Crippen MR) is 93.7 cm³/mol. The van der Waals surface area contributed by atoms with Crippen LogP contribution in [0.15, 0.2) is 54.6 Å². The summed E-state index contributed by atoms with van der Waals surface area (Å²) in [6, 6.07) is 17.2. The van der Waals surface area contributed by atoms with Gasteiger partial charge < -0.3 is 14.9 Å². The van der Waals surface area contributed by atoms with Crippen molar-refractivity contribution in [1.82, 2.24) is 0 Å². The smallest absolute Gasteiger partial charge is 0.346 e. The van der Waals surface area contributed by atoms with E-state index in [0.717, 1.165) is 26.9 Å². The van der Waals surface area contributed by atoms with E-state index < -0.39 is 24.6 Å². The molecule has 0 aliphatic rings. The first-order valence-electron chi connectivity index (χ1n) is 7.81. The number of hydrogen-bond acceptors (Lipinski definition) is 5. The lowest BCUT2D eigenvalue weighted by Crippen LogP contribution is -2.28. The minimum Gasteiger partial charge on any atom is -0.393 e. The van der Waals surface area contributed by atoms with Gasteiger partial charge in [0, 0.05) is 0 Å². The summed E-state index contributed by atoms with van der Waals surface area (Å²) in [4.78, 5) is 24.0. The first-order chi connectivity index (χ1) is 12.1. The molecular weight excluding hydrogens is 320 g/mol. The molecule has 1 unspecified atom stereocenters. The van der Waals surface area contributed by atoms with Crippen LogP contribution in [-0.2, 0) is 9.53 Å². The predicted octanol–water partition coefficient (Wildman–Crippen LogP) is 2.62. The summed E-state index contributed by atoms with van der Waals surface area (Å²) in [6.07, 6.45) is -1.73. The number of carbonyl (C=O) groups excluding carboxylic acids is 2. The monoisotopic (exact) mass is 334 g/mol. The second-order valence-corrected chi connectivity index (χ2v) is 5.88. The highest BCUT2D eigenvalue weighted by Crippen LogP contribution is 2.36. The van der Waals surface area contributed by atoms with E-state index in [1.165, 1.54) is 0 Å². The second kappa shape index (κ2) is 5.81. The van der Waals surface area contributed by atoms with Gasteiger partial charge in [0.25, 0.3) is 0 Å². The van der Waals surface area contributed by atoms with Gasteiger partial charge in [-0.2, -0.15) is 0 Å². The summed E-state index contributed by atoms with van der Waals surface area (Å²) < 4.78 is 4.69. The van der Waals surface area contributed by atoms with E-state index in [4.69, 9.17) is 9.84 Å². The number of benzene rings is 4. The number of aliphatic hydroxyl groups is 2. The number of esters is 2. The van der Waals surface area contributed by atoms with E-state index in [1.54, 1.807) is 12.1 Å². The van der Waals surface area contributed by atoms with Crippen LogP contribution in [0.5, 0.6) is 0 Å². The molecule has 0 fully saturated rings.